The Hall–Kier alpha value is -1.54. The van der Waals surface area contributed by atoms with E-state index in [1.807, 2.05) is 0 Å². The standard InChI is InChI=1S/C10H7BrFN3O2S/c11-9-2-1-8(3-10(9)12)18(16,17)15-7-4-13-6-14-5-7/h1-6,15H. The van der Waals surface area contributed by atoms with E-state index < -0.39 is 15.8 Å². The monoisotopic (exact) mass is 331 g/mol. The molecule has 1 heterocycles. The predicted octanol–water partition coefficient (Wildman–Crippen LogP) is 2.18. The first-order valence-corrected chi connectivity index (χ1v) is 6.99. The molecular weight excluding hydrogens is 325 g/mol. The SMILES string of the molecule is O=S(=O)(Nc1cncnc1)c1ccc(Br)c(F)c1. The molecule has 18 heavy (non-hydrogen) atoms. The molecule has 1 aromatic heterocycles. The zero-order valence-corrected chi connectivity index (χ0v) is 11.2. The summed E-state index contributed by atoms with van der Waals surface area (Å²) in [4.78, 5) is 7.18. The minimum atomic E-state index is -3.84. The largest absolute Gasteiger partial charge is 0.276 e. The topological polar surface area (TPSA) is 72.0 Å². The highest BCUT2D eigenvalue weighted by atomic mass is 79.9. The van der Waals surface area contributed by atoms with E-state index in [9.17, 15) is 12.8 Å². The summed E-state index contributed by atoms with van der Waals surface area (Å²) in [5.41, 5.74) is 0.209. The lowest BCUT2D eigenvalue weighted by molar-refractivity contribution is 0.593. The number of rotatable bonds is 3. The van der Waals surface area contributed by atoms with Crippen molar-refractivity contribution in [2.45, 2.75) is 4.90 Å². The Labute approximate surface area is 111 Å². The van der Waals surface area contributed by atoms with Crippen molar-refractivity contribution in [2.24, 2.45) is 0 Å². The summed E-state index contributed by atoms with van der Waals surface area (Å²) in [5, 5.41) is 0. The van der Waals surface area contributed by atoms with E-state index in [1.165, 1.54) is 30.9 Å². The molecule has 8 heteroatoms. The molecule has 2 rings (SSSR count). The second-order valence-electron chi connectivity index (χ2n) is 3.31. The quantitative estimate of drug-likeness (QED) is 0.935. The van der Waals surface area contributed by atoms with Crippen molar-refractivity contribution in [3.63, 3.8) is 0 Å². The molecule has 94 valence electrons. The number of nitrogens with one attached hydrogen (secondary N) is 1. The molecule has 0 atom stereocenters. The summed E-state index contributed by atoms with van der Waals surface area (Å²) in [7, 11) is -3.84. The Bertz CT molecular complexity index is 664. The van der Waals surface area contributed by atoms with Crippen molar-refractivity contribution >= 4 is 31.6 Å². The average Bonchev–Trinajstić information content (AvgIpc) is 2.33. The highest BCUT2D eigenvalue weighted by molar-refractivity contribution is 9.10. The van der Waals surface area contributed by atoms with Gasteiger partial charge in [-0.1, -0.05) is 0 Å². The molecule has 0 bridgehead atoms. The molecule has 0 fully saturated rings. The number of hydrogen-bond acceptors (Lipinski definition) is 4. The van der Waals surface area contributed by atoms with Crippen LogP contribution in [0.3, 0.4) is 0 Å². The van der Waals surface area contributed by atoms with Gasteiger partial charge in [0, 0.05) is 0 Å². The van der Waals surface area contributed by atoms with Gasteiger partial charge in [-0.2, -0.15) is 0 Å². The van der Waals surface area contributed by atoms with Gasteiger partial charge in [0.15, 0.2) is 0 Å². The van der Waals surface area contributed by atoms with Gasteiger partial charge < -0.3 is 0 Å². The third kappa shape index (κ3) is 2.82. The van der Waals surface area contributed by atoms with Crippen LogP contribution in [0.4, 0.5) is 10.1 Å². The van der Waals surface area contributed by atoms with E-state index in [0.29, 0.717) is 0 Å². The molecule has 0 saturated carbocycles. The second-order valence-corrected chi connectivity index (χ2v) is 5.85. The van der Waals surface area contributed by atoms with Crippen LogP contribution in [0.25, 0.3) is 0 Å². The first-order chi connectivity index (χ1) is 8.49. The molecule has 1 N–H and O–H groups in total. The first kappa shape index (κ1) is 12.9. The van der Waals surface area contributed by atoms with Crippen LogP contribution in [0.2, 0.25) is 0 Å². The van der Waals surface area contributed by atoms with Gasteiger partial charge in [-0.25, -0.2) is 22.8 Å². The number of nitrogens with zero attached hydrogens (tertiary/aromatic N) is 2. The van der Waals surface area contributed by atoms with Crippen molar-refractivity contribution in [1.82, 2.24) is 9.97 Å². The molecular formula is C10H7BrFN3O2S. The molecule has 0 unspecified atom stereocenters. The van der Waals surface area contributed by atoms with Crippen LogP contribution in [-0.4, -0.2) is 18.4 Å². The maximum Gasteiger partial charge on any atom is 0.262 e. The van der Waals surface area contributed by atoms with Crippen molar-refractivity contribution in [3.8, 4) is 0 Å². The van der Waals surface area contributed by atoms with Gasteiger partial charge in [-0.05, 0) is 34.1 Å². The molecule has 1 aromatic carbocycles. The number of sulfonamides is 1. The number of benzene rings is 1. The van der Waals surface area contributed by atoms with Crippen LogP contribution in [0, 0.1) is 5.82 Å². The van der Waals surface area contributed by atoms with E-state index in [1.54, 1.807) is 0 Å². The van der Waals surface area contributed by atoms with E-state index in [4.69, 9.17) is 0 Å². The molecule has 2 aromatic rings. The fourth-order valence-corrected chi connectivity index (χ4v) is 2.50. The second kappa shape index (κ2) is 4.99. The zero-order chi connectivity index (χ0) is 13.2. The summed E-state index contributed by atoms with van der Waals surface area (Å²) in [5.74, 6) is -0.651. The van der Waals surface area contributed by atoms with Crippen LogP contribution >= 0.6 is 15.9 Å². The highest BCUT2D eigenvalue weighted by Gasteiger charge is 2.16. The number of hydrogen-bond donors (Lipinski definition) is 1. The fourth-order valence-electron chi connectivity index (χ4n) is 1.21. The van der Waals surface area contributed by atoms with Gasteiger partial charge in [0.2, 0.25) is 0 Å². The minimum absolute atomic E-state index is 0.174. The summed E-state index contributed by atoms with van der Waals surface area (Å²) in [6.45, 7) is 0. The Kier molecular flexibility index (Phi) is 3.58. The van der Waals surface area contributed by atoms with Crippen molar-refractivity contribution in [2.75, 3.05) is 4.72 Å². The smallest absolute Gasteiger partial charge is 0.262 e. The molecule has 5 nitrogen and oxygen atoms in total. The molecule has 0 saturated heterocycles. The van der Waals surface area contributed by atoms with Crippen molar-refractivity contribution in [3.05, 3.63) is 47.2 Å². The van der Waals surface area contributed by atoms with Crippen molar-refractivity contribution < 1.29 is 12.8 Å². The summed E-state index contributed by atoms with van der Waals surface area (Å²) < 4.78 is 39.6. The highest BCUT2D eigenvalue weighted by Crippen LogP contribution is 2.20. The van der Waals surface area contributed by atoms with Crippen LogP contribution in [0.15, 0.2) is 46.3 Å². The van der Waals surface area contributed by atoms with Gasteiger partial charge in [-0.3, -0.25) is 4.72 Å². The molecule has 0 aliphatic rings. The van der Waals surface area contributed by atoms with Gasteiger partial charge in [-0.15, -0.1) is 0 Å². The Morgan fingerprint density at radius 3 is 2.50 bits per heavy atom. The van der Waals surface area contributed by atoms with E-state index >= 15 is 0 Å². The summed E-state index contributed by atoms with van der Waals surface area (Å²) in [6.07, 6.45) is 3.89. The van der Waals surface area contributed by atoms with Gasteiger partial charge in [0.25, 0.3) is 10.0 Å². The minimum Gasteiger partial charge on any atom is -0.276 e. The van der Waals surface area contributed by atoms with Crippen LogP contribution in [-0.2, 0) is 10.0 Å². The van der Waals surface area contributed by atoms with E-state index in [-0.39, 0.29) is 15.1 Å². The van der Waals surface area contributed by atoms with Gasteiger partial charge in [0.05, 0.1) is 27.4 Å². The lowest BCUT2D eigenvalue weighted by atomic mass is 10.3. The Morgan fingerprint density at radius 2 is 1.89 bits per heavy atom. The van der Waals surface area contributed by atoms with Crippen LogP contribution in [0.1, 0.15) is 0 Å². The maximum atomic E-state index is 13.3. The zero-order valence-electron chi connectivity index (χ0n) is 8.84. The van der Waals surface area contributed by atoms with Crippen LogP contribution < -0.4 is 4.72 Å². The predicted molar refractivity (Wildman–Crippen MR) is 66.9 cm³/mol. The van der Waals surface area contributed by atoms with Gasteiger partial charge >= 0.3 is 0 Å². The normalized spacial score (nSPS) is 11.2. The molecule has 0 spiro atoms. The number of anilines is 1. The van der Waals surface area contributed by atoms with Crippen molar-refractivity contribution in [1.29, 1.82) is 0 Å². The van der Waals surface area contributed by atoms with Gasteiger partial charge in [0.1, 0.15) is 12.1 Å². The molecule has 0 radical (unpaired) electrons. The average molecular weight is 332 g/mol. The molecule has 0 amide bonds. The number of aromatic nitrogens is 2. The summed E-state index contributed by atoms with van der Waals surface area (Å²) in [6, 6.07) is 3.54. The molecule has 0 aliphatic carbocycles. The maximum absolute atomic E-state index is 13.3. The fraction of sp³-hybridized carbons (Fsp3) is 0. The first-order valence-electron chi connectivity index (χ1n) is 4.72. The lowest BCUT2D eigenvalue weighted by Crippen LogP contribution is -2.13. The lowest BCUT2D eigenvalue weighted by Gasteiger charge is -2.07. The Balaban J connectivity index is 2.34. The summed E-state index contributed by atoms with van der Waals surface area (Å²) >= 11 is 2.95. The number of halogens is 2. The van der Waals surface area contributed by atoms with E-state index in [2.05, 4.69) is 30.6 Å². The third-order valence-electron chi connectivity index (χ3n) is 2.01. The Morgan fingerprint density at radius 1 is 1.22 bits per heavy atom. The van der Waals surface area contributed by atoms with Crippen LogP contribution in [0.5, 0.6) is 0 Å². The molecule has 0 aliphatic heterocycles. The van der Waals surface area contributed by atoms with E-state index in [0.717, 1.165) is 6.07 Å². The third-order valence-corrected chi connectivity index (χ3v) is 4.04.